The average Bonchev–Trinajstić information content (AvgIpc) is 2.92. The summed E-state index contributed by atoms with van der Waals surface area (Å²) in [6.45, 7) is 4.20. The Bertz CT molecular complexity index is 622. The van der Waals surface area contributed by atoms with E-state index >= 15 is 0 Å². The van der Waals surface area contributed by atoms with Crippen molar-refractivity contribution >= 4 is 27.2 Å². The summed E-state index contributed by atoms with van der Waals surface area (Å²) in [6.07, 6.45) is 1.49. The van der Waals surface area contributed by atoms with Gasteiger partial charge in [-0.2, -0.15) is 0 Å². The number of hydrogen-bond donors (Lipinski definition) is 1. The maximum atomic E-state index is 11.3. The summed E-state index contributed by atoms with van der Waals surface area (Å²) in [5.41, 5.74) is 7.56. The zero-order chi connectivity index (χ0) is 14.8. The molecule has 0 unspecified atom stereocenters. The standard InChI is InChI=1S/C13H17N3O3S/c1-3-13(14,4-2)7-19-9-5-6-10-11(15-8-20-10)12(9)16(17)18/h5-6,8H,3-4,7,14H2,1-2H3. The zero-order valence-electron chi connectivity index (χ0n) is 11.5. The summed E-state index contributed by atoms with van der Waals surface area (Å²) in [5, 5.41) is 11.3. The van der Waals surface area contributed by atoms with E-state index in [4.69, 9.17) is 10.5 Å². The molecular weight excluding hydrogens is 278 g/mol. The van der Waals surface area contributed by atoms with Crippen LogP contribution < -0.4 is 10.5 Å². The van der Waals surface area contributed by atoms with Crippen molar-refractivity contribution in [1.82, 2.24) is 4.98 Å². The molecule has 20 heavy (non-hydrogen) atoms. The lowest BCUT2D eigenvalue weighted by atomic mass is 9.96. The van der Waals surface area contributed by atoms with Gasteiger partial charge < -0.3 is 10.5 Å². The van der Waals surface area contributed by atoms with Crippen molar-refractivity contribution in [2.75, 3.05) is 6.61 Å². The number of thiazole rings is 1. The summed E-state index contributed by atoms with van der Waals surface area (Å²) in [4.78, 5) is 14.9. The minimum atomic E-state index is -0.467. The molecule has 0 amide bonds. The van der Waals surface area contributed by atoms with Crippen LogP contribution in [0.4, 0.5) is 5.69 Å². The van der Waals surface area contributed by atoms with Crippen molar-refractivity contribution in [2.24, 2.45) is 5.73 Å². The summed E-state index contributed by atoms with van der Waals surface area (Å²) in [5.74, 6) is 0.227. The highest BCUT2D eigenvalue weighted by molar-refractivity contribution is 7.16. The Hall–Kier alpha value is -1.73. The van der Waals surface area contributed by atoms with Gasteiger partial charge in [-0.05, 0) is 25.0 Å². The number of fused-ring (bicyclic) bond motifs is 1. The van der Waals surface area contributed by atoms with Crippen molar-refractivity contribution in [3.05, 3.63) is 27.8 Å². The second-order valence-corrected chi connectivity index (χ2v) is 5.61. The lowest BCUT2D eigenvalue weighted by Gasteiger charge is -2.26. The SMILES string of the molecule is CCC(N)(CC)COc1ccc2scnc2c1[N+](=O)[O-]. The first kappa shape index (κ1) is 14.7. The average molecular weight is 295 g/mol. The number of nitrogens with two attached hydrogens (primary N) is 1. The van der Waals surface area contributed by atoms with E-state index in [1.165, 1.54) is 11.3 Å². The molecule has 0 aliphatic rings. The third kappa shape index (κ3) is 2.73. The molecule has 108 valence electrons. The van der Waals surface area contributed by atoms with Gasteiger partial charge in [-0.25, -0.2) is 4.98 Å². The topological polar surface area (TPSA) is 91.3 Å². The third-order valence-electron chi connectivity index (χ3n) is 3.54. The predicted molar refractivity (Wildman–Crippen MR) is 79.3 cm³/mol. The molecule has 2 aromatic rings. The number of nitro groups is 1. The molecule has 0 bridgehead atoms. The van der Waals surface area contributed by atoms with Crippen LogP contribution in [0.3, 0.4) is 0 Å². The summed E-state index contributed by atoms with van der Waals surface area (Å²) >= 11 is 1.36. The van der Waals surface area contributed by atoms with E-state index in [1.807, 2.05) is 13.8 Å². The monoisotopic (exact) mass is 295 g/mol. The molecule has 1 aromatic carbocycles. The van der Waals surface area contributed by atoms with Gasteiger partial charge in [0.1, 0.15) is 6.61 Å². The Balaban J connectivity index is 2.34. The molecule has 0 aliphatic heterocycles. The lowest BCUT2D eigenvalue weighted by molar-refractivity contribution is -0.384. The Morgan fingerprint density at radius 2 is 2.15 bits per heavy atom. The van der Waals surface area contributed by atoms with Crippen molar-refractivity contribution < 1.29 is 9.66 Å². The first-order chi connectivity index (χ1) is 9.50. The maximum absolute atomic E-state index is 11.3. The van der Waals surface area contributed by atoms with E-state index in [2.05, 4.69) is 4.98 Å². The Morgan fingerprint density at radius 1 is 1.45 bits per heavy atom. The van der Waals surface area contributed by atoms with Crippen LogP contribution in [0.5, 0.6) is 5.75 Å². The van der Waals surface area contributed by atoms with Gasteiger partial charge in [0.15, 0.2) is 11.3 Å². The second kappa shape index (κ2) is 5.72. The highest BCUT2D eigenvalue weighted by Gasteiger charge is 2.26. The van der Waals surface area contributed by atoms with Gasteiger partial charge in [0, 0.05) is 5.54 Å². The molecule has 0 radical (unpaired) electrons. The van der Waals surface area contributed by atoms with Gasteiger partial charge in [-0.3, -0.25) is 10.1 Å². The van der Waals surface area contributed by atoms with Gasteiger partial charge >= 0.3 is 5.69 Å². The van der Waals surface area contributed by atoms with Crippen LogP contribution in [0, 0.1) is 10.1 Å². The van der Waals surface area contributed by atoms with Crippen molar-refractivity contribution in [2.45, 2.75) is 32.2 Å². The second-order valence-electron chi connectivity index (χ2n) is 4.73. The van der Waals surface area contributed by atoms with Gasteiger partial charge in [-0.15, -0.1) is 11.3 Å². The molecule has 0 aliphatic carbocycles. The summed E-state index contributed by atoms with van der Waals surface area (Å²) in [7, 11) is 0. The quantitative estimate of drug-likeness (QED) is 0.653. The molecular formula is C13H17N3O3S. The van der Waals surface area contributed by atoms with Crippen molar-refractivity contribution in [1.29, 1.82) is 0 Å². The van der Waals surface area contributed by atoms with Crippen LogP contribution in [0.1, 0.15) is 26.7 Å². The molecule has 0 spiro atoms. The van der Waals surface area contributed by atoms with Crippen LogP contribution in [-0.2, 0) is 0 Å². The van der Waals surface area contributed by atoms with Crippen molar-refractivity contribution in [3.8, 4) is 5.75 Å². The van der Waals surface area contributed by atoms with Crippen LogP contribution in [0.15, 0.2) is 17.6 Å². The normalized spacial score (nSPS) is 11.8. The number of ether oxygens (including phenoxy) is 1. The van der Waals surface area contributed by atoms with E-state index in [-0.39, 0.29) is 18.0 Å². The van der Waals surface area contributed by atoms with Gasteiger partial charge in [0.2, 0.25) is 0 Å². The Morgan fingerprint density at radius 3 is 2.75 bits per heavy atom. The Labute approximate surface area is 120 Å². The van der Waals surface area contributed by atoms with Crippen LogP contribution in [0.25, 0.3) is 10.2 Å². The summed E-state index contributed by atoms with van der Waals surface area (Å²) in [6, 6.07) is 3.40. The minimum absolute atomic E-state index is 0.0849. The number of rotatable bonds is 6. The van der Waals surface area contributed by atoms with E-state index in [0.717, 1.165) is 17.5 Å². The fourth-order valence-electron chi connectivity index (χ4n) is 1.87. The molecule has 7 heteroatoms. The van der Waals surface area contributed by atoms with E-state index in [9.17, 15) is 10.1 Å². The van der Waals surface area contributed by atoms with Crippen LogP contribution in [-0.4, -0.2) is 22.1 Å². The number of hydrogen-bond acceptors (Lipinski definition) is 6. The smallest absolute Gasteiger partial charge is 0.337 e. The molecule has 0 atom stereocenters. The van der Waals surface area contributed by atoms with E-state index in [1.54, 1.807) is 17.6 Å². The van der Waals surface area contributed by atoms with Crippen molar-refractivity contribution in [3.63, 3.8) is 0 Å². The maximum Gasteiger partial charge on any atom is 0.337 e. The highest BCUT2D eigenvalue weighted by Crippen LogP contribution is 2.36. The fourth-order valence-corrected chi connectivity index (χ4v) is 2.55. The largest absolute Gasteiger partial charge is 0.485 e. The molecule has 1 aromatic heterocycles. The highest BCUT2D eigenvalue weighted by atomic mass is 32.1. The first-order valence-electron chi connectivity index (χ1n) is 6.43. The van der Waals surface area contributed by atoms with Gasteiger partial charge in [0.05, 0.1) is 15.1 Å². The first-order valence-corrected chi connectivity index (χ1v) is 7.31. The molecule has 6 nitrogen and oxygen atoms in total. The zero-order valence-corrected chi connectivity index (χ0v) is 12.3. The van der Waals surface area contributed by atoms with Gasteiger partial charge in [0.25, 0.3) is 0 Å². The molecule has 0 fully saturated rings. The number of aromatic nitrogens is 1. The van der Waals surface area contributed by atoms with Crippen LogP contribution >= 0.6 is 11.3 Å². The molecule has 1 heterocycles. The molecule has 0 saturated carbocycles. The minimum Gasteiger partial charge on any atom is -0.485 e. The summed E-state index contributed by atoms with van der Waals surface area (Å²) < 4.78 is 6.39. The molecule has 2 rings (SSSR count). The molecule has 2 N–H and O–H groups in total. The third-order valence-corrected chi connectivity index (χ3v) is 4.34. The number of nitro benzene ring substituents is 1. The Kier molecular flexibility index (Phi) is 4.20. The van der Waals surface area contributed by atoms with E-state index in [0.29, 0.717) is 5.52 Å². The van der Waals surface area contributed by atoms with Crippen LogP contribution in [0.2, 0.25) is 0 Å². The number of nitrogens with zero attached hydrogens (tertiary/aromatic N) is 2. The van der Waals surface area contributed by atoms with E-state index < -0.39 is 10.5 Å². The fraction of sp³-hybridized carbons (Fsp3) is 0.462. The number of benzene rings is 1. The molecule has 0 saturated heterocycles. The van der Waals surface area contributed by atoms with Gasteiger partial charge in [-0.1, -0.05) is 13.8 Å². The lowest BCUT2D eigenvalue weighted by Crippen LogP contribution is -2.44. The predicted octanol–water partition coefficient (Wildman–Crippen LogP) is 3.10.